The van der Waals surface area contributed by atoms with Crippen LogP contribution < -0.4 is 20.3 Å². The summed E-state index contributed by atoms with van der Waals surface area (Å²) in [6, 6.07) is 16.4. The molecule has 0 aliphatic carbocycles. The minimum absolute atomic E-state index is 0. The van der Waals surface area contributed by atoms with E-state index in [2.05, 4.69) is 57.8 Å². The standard InChI is InChI=1S/C22H30N4O2.HI/c1-3-23-22(24-16-17-8-7-11-20(28-2)21(17)27)25-18-12-14-26(15-13-18)19-9-5-4-6-10-19;/h4-11,18,27H,3,12-16H2,1-2H3,(H2,23,24,25);1H. The van der Waals surface area contributed by atoms with Gasteiger partial charge in [-0.25, -0.2) is 4.99 Å². The highest BCUT2D eigenvalue weighted by Gasteiger charge is 2.20. The van der Waals surface area contributed by atoms with E-state index >= 15 is 0 Å². The lowest BCUT2D eigenvalue weighted by Crippen LogP contribution is -2.48. The molecule has 0 amide bonds. The molecule has 0 aromatic heterocycles. The monoisotopic (exact) mass is 510 g/mol. The Labute approximate surface area is 190 Å². The second-order valence-electron chi connectivity index (χ2n) is 6.90. The number of halogens is 1. The highest BCUT2D eigenvalue weighted by atomic mass is 127. The van der Waals surface area contributed by atoms with Gasteiger partial charge in [0.15, 0.2) is 17.5 Å². The first kappa shape index (κ1) is 23.1. The number of nitrogens with one attached hydrogen (secondary N) is 2. The zero-order valence-electron chi connectivity index (χ0n) is 17.1. The maximum atomic E-state index is 10.2. The van der Waals surface area contributed by atoms with E-state index < -0.39 is 0 Å². The molecular weight excluding hydrogens is 479 g/mol. The third-order valence-corrected chi connectivity index (χ3v) is 5.01. The third kappa shape index (κ3) is 6.42. The van der Waals surface area contributed by atoms with Crippen molar-refractivity contribution in [3.05, 3.63) is 54.1 Å². The highest BCUT2D eigenvalue weighted by molar-refractivity contribution is 14.0. The fraction of sp³-hybridized carbons (Fsp3) is 0.409. The number of piperidine rings is 1. The van der Waals surface area contributed by atoms with Crippen molar-refractivity contribution in [1.82, 2.24) is 10.6 Å². The second-order valence-corrected chi connectivity index (χ2v) is 6.90. The van der Waals surface area contributed by atoms with Crippen LogP contribution in [0.4, 0.5) is 5.69 Å². The van der Waals surface area contributed by atoms with Gasteiger partial charge < -0.3 is 25.4 Å². The van der Waals surface area contributed by atoms with Crippen LogP contribution in [0.2, 0.25) is 0 Å². The highest BCUT2D eigenvalue weighted by Crippen LogP contribution is 2.29. The van der Waals surface area contributed by atoms with Crippen LogP contribution in [-0.2, 0) is 6.54 Å². The summed E-state index contributed by atoms with van der Waals surface area (Å²) < 4.78 is 5.17. The summed E-state index contributed by atoms with van der Waals surface area (Å²) in [5, 5.41) is 17.1. The molecule has 0 radical (unpaired) electrons. The molecule has 3 N–H and O–H groups in total. The lowest BCUT2D eigenvalue weighted by molar-refractivity contribution is 0.370. The SMILES string of the molecule is CCNC(=NCc1cccc(OC)c1O)NC1CCN(c2ccccc2)CC1.I. The van der Waals surface area contributed by atoms with E-state index in [0.29, 0.717) is 18.3 Å². The molecule has 29 heavy (non-hydrogen) atoms. The van der Waals surface area contributed by atoms with Gasteiger partial charge in [0.25, 0.3) is 0 Å². The van der Waals surface area contributed by atoms with E-state index in [4.69, 9.17) is 4.74 Å². The quantitative estimate of drug-likeness (QED) is 0.314. The van der Waals surface area contributed by atoms with Crippen LogP contribution in [0.5, 0.6) is 11.5 Å². The lowest BCUT2D eigenvalue weighted by atomic mass is 10.0. The molecule has 0 atom stereocenters. The first-order chi connectivity index (χ1) is 13.7. The number of benzene rings is 2. The molecule has 0 saturated carbocycles. The minimum atomic E-state index is 0. The topological polar surface area (TPSA) is 69.1 Å². The molecule has 158 valence electrons. The Bertz CT molecular complexity index is 778. The number of hydrogen-bond donors (Lipinski definition) is 3. The molecule has 1 saturated heterocycles. The molecule has 3 rings (SSSR count). The van der Waals surface area contributed by atoms with Crippen molar-refractivity contribution < 1.29 is 9.84 Å². The Morgan fingerprint density at radius 3 is 2.52 bits per heavy atom. The van der Waals surface area contributed by atoms with Gasteiger partial charge in [0.1, 0.15) is 0 Å². The molecule has 7 heteroatoms. The van der Waals surface area contributed by atoms with Gasteiger partial charge >= 0.3 is 0 Å². The van der Waals surface area contributed by atoms with Crippen LogP contribution >= 0.6 is 24.0 Å². The van der Waals surface area contributed by atoms with E-state index in [1.165, 1.54) is 5.69 Å². The van der Waals surface area contributed by atoms with Crippen LogP contribution in [0.3, 0.4) is 0 Å². The van der Waals surface area contributed by atoms with Crippen molar-refractivity contribution in [1.29, 1.82) is 0 Å². The number of guanidine groups is 1. The predicted molar refractivity (Wildman–Crippen MR) is 130 cm³/mol. The Hall–Kier alpha value is -2.16. The molecule has 1 heterocycles. The van der Waals surface area contributed by atoms with E-state index in [1.54, 1.807) is 13.2 Å². The van der Waals surface area contributed by atoms with Gasteiger partial charge in [0.2, 0.25) is 0 Å². The van der Waals surface area contributed by atoms with Crippen LogP contribution in [0.25, 0.3) is 0 Å². The number of rotatable bonds is 6. The molecule has 6 nitrogen and oxygen atoms in total. The Morgan fingerprint density at radius 2 is 1.86 bits per heavy atom. The van der Waals surface area contributed by atoms with E-state index in [1.807, 2.05) is 12.1 Å². The number of para-hydroxylation sites is 2. The third-order valence-electron chi connectivity index (χ3n) is 5.01. The number of aliphatic imine (C=N–C) groups is 1. The van der Waals surface area contributed by atoms with Crippen molar-refractivity contribution >= 4 is 35.6 Å². The second kappa shape index (κ2) is 11.7. The van der Waals surface area contributed by atoms with Crippen molar-refractivity contribution in [3.63, 3.8) is 0 Å². The van der Waals surface area contributed by atoms with Gasteiger partial charge in [-0.1, -0.05) is 30.3 Å². The summed E-state index contributed by atoms with van der Waals surface area (Å²) in [5.41, 5.74) is 2.03. The summed E-state index contributed by atoms with van der Waals surface area (Å²) >= 11 is 0. The molecular formula is C22H31IN4O2. The number of aromatic hydroxyl groups is 1. The van der Waals surface area contributed by atoms with Gasteiger partial charge in [-0.05, 0) is 38.0 Å². The molecule has 2 aromatic rings. The van der Waals surface area contributed by atoms with Crippen molar-refractivity contribution in [3.8, 4) is 11.5 Å². The maximum absolute atomic E-state index is 10.2. The molecule has 1 aliphatic heterocycles. The first-order valence-electron chi connectivity index (χ1n) is 9.91. The van der Waals surface area contributed by atoms with Crippen molar-refractivity contribution in [2.45, 2.75) is 32.4 Å². The fourth-order valence-electron chi connectivity index (χ4n) is 3.46. The summed E-state index contributed by atoms with van der Waals surface area (Å²) in [6.07, 6.45) is 2.12. The number of phenolic OH excluding ortho intramolecular Hbond substituents is 1. The lowest BCUT2D eigenvalue weighted by Gasteiger charge is -2.34. The zero-order chi connectivity index (χ0) is 19.8. The number of anilines is 1. The molecule has 2 aromatic carbocycles. The minimum Gasteiger partial charge on any atom is -0.504 e. The molecule has 1 fully saturated rings. The Morgan fingerprint density at radius 1 is 1.14 bits per heavy atom. The molecule has 0 unspecified atom stereocenters. The van der Waals surface area contributed by atoms with Crippen LogP contribution in [-0.4, -0.2) is 43.9 Å². The molecule has 0 bridgehead atoms. The summed E-state index contributed by atoms with van der Waals surface area (Å²) in [7, 11) is 1.55. The van der Waals surface area contributed by atoms with E-state index in [-0.39, 0.29) is 29.7 Å². The van der Waals surface area contributed by atoms with Crippen molar-refractivity contribution in [2.24, 2.45) is 4.99 Å². The predicted octanol–water partition coefficient (Wildman–Crippen LogP) is 3.74. The van der Waals surface area contributed by atoms with Crippen LogP contribution in [0.1, 0.15) is 25.3 Å². The van der Waals surface area contributed by atoms with Crippen LogP contribution in [0.15, 0.2) is 53.5 Å². The number of nitrogens with zero attached hydrogens (tertiary/aromatic N) is 2. The number of ether oxygens (including phenoxy) is 1. The average molecular weight is 510 g/mol. The first-order valence-corrected chi connectivity index (χ1v) is 9.91. The fourth-order valence-corrected chi connectivity index (χ4v) is 3.46. The normalized spacial score (nSPS) is 14.8. The maximum Gasteiger partial charge on any atom is 0.191 e. The van der Waals surface area contributed by atoms with E-state index in [0.717, 1.165) is 44.0 Å². The largest absolute Gasteiger partial charge is 0.504 e. The van der Waals surface area contributed by atoms with Gasteiger partial charge in [0.05, 0.1) is 13.7 Å². The summed E-state index contributed by atoms with van der Waals surface area (Å²) in [4.78, 5) is 7.08. The number of methoxy groups -OCH3 is 1. The van der Waals surface area contributed by atoms with Gasteiger partial charge in [-0.3, -0.25) is 0 Å². The van der Waals surface area contributed by atoms with Gasteiger partial charge in [-0.15, -0.1) is 24.0 Å². The van der Waals surface area contributed by atoms with E-state index in [9.17, 15) is 5.11 Å². The van der Waals surface area contributed by atoms with Crippen molar-refractivity contribution in [2.75, 3.05) is 31.6 Å². The molecule has 0 spiro atoms. The summed E-state index contributed by atoms with van der Waals surface area (Å²) in [5.74, 6) is 1.41. The number of phenols is 1. The molecule has 1 aliphatic rings. The summed E-state index contributed by atoms with van der Waals surface area (Å²) in [6.45, 7) is 5.29. The van der Waals surface area contributed by atoms with Crippen LogP contribution in [0, 0.1) is 0 Å². The Balaban J connectivity index is 0.00000300. The average Bonchev–Trinajstić information content (AvgIpc) is 2.74. The van der Waals surface area contributed by atoms with Gasteiger partial charge in [-0.2, -0.15) is 0 Å². The smallest absolute Gasteiger partial charge is 0.191 e. The zero-order valence-corrected chi connectivity index (χ0v) is 19.4. The van der Waals surface area contributed by atoms with Gasteiger partial charge in [0, 0.05) is 36.9 Å². The number of hydrogen-bond acceptors (Lipinski definition) is 4. The Kier molecular flexibility index (Phi) is 9.37.